The Labute approximate surface area is 106 Å². The highest BCUT2D eigenvalue weighted by Crippen LogP contribution is 2.18. The summed E-state index contributed by atoms with van der Waals surface area (Å²) in [5.74, 6) is 1.34. The van der Waals surface area contributed by atoms with E-state index in [0.717, 1.165) is 29.1 Å². The lowest BCUT2D eigenvalue weighted by Crippen LogP contribution is -2.08. The Balaban J connectivity index is 2.10. The number of hydrogen-bond acceptors (Lipinski definition) is 5. The van der Waals surface area contributed by atoms with Crippen LogP contribution in [0.2, 0.25) is 0 Å². The van der Waals surface area contributed by atoms with Gasteiger partial charge in [-0.2, -0.15) is 0 Å². The Kier molecular flexibility index (Phi) is 3.72. The SMILES string of the molecule is CCc1c(N)ncnc1NCc1ccc(C)nc1. The van der Waals surface area contributed by atoms with E-state index in [2.05, 4.69) is 20.3 Å². The van der Waals surface area contributed by atoms with Gasteiger partial charge >= 0.3 is 0 Å². The summed E-state index contributed by atoms with van der Waals surface area (Å²) >= 11 is 0. The van der Waals surface area contributed by atoms with Crippen molar-refractivity contribution >= 4 is 11.6 Å². The number of pyridine rings is 1. The minimum absolute atomic E-state index is 0.539. The molecular formula is C13H17N5. The summed E-state index contributed by atoms with van der Waals surface area (Å²) in [5.41, 5.74) is 8.90. The maximum Gasteiger partial charge on any atom is 0.134 e. The number of anilines is 2. The van der Waals surface area contributed by atoms with E-state index >= 15 is 0 Å². The first-order valence-corrected chi connectivity index (χ1v) is 5.95. The molecule has 5 nitrogen and oxygen atoms in total. The largest absolute Gasteiger partial charge is 0.383 e. The number of nitrogen functional groups attached to an aromatic ring is 1. The van der Waals surface area contributed by atoms with E-state index in [1.165, 1.54) is 6.33 Å². The minimum atomic E-state index is 0.539. The van der Waals surface area contributed by atoms with Crippen LogP contribution in [0.5, 0.6) is 0 Å². The third-order valence-electron chi connectivity index (χ3n) is 2.76. The molecule has 0 aliphatic carbocycles. The lowest BCUT2D eigenvalue weighted by Gasteiger charge is -2.10. The first-order valence-electron chi connectivity index (χ1n) is 5.95. The highest BCUT2D eigenvalue weighted by Gasteiger charge is 2.06. The van der Waals surface area contributed by atoms with Crippen LogP contribution < -0.4 is 11.1 Å². The Morgan fingerprint density at radius 2 is 2.06 bits per heavy atom. The molecule has 94 valence electrons. The van der Waals surface area contributed by atoms with Crippen molar-refractivity contribution in [1.29, 1.82) is 0 Å². The molecular weight excluding hydrogens is 226 g/mol. The second-order valence-electron chi connectivity index (χ2n) is 4.10. The van der Waals surface area contributed by atoms with Gasteiger partial charge in [-0.05, 0) is 25.0 Å². The zero-order valence-electron chi connectivity index (χ0n) is 10.6. The van der Waals surface area contributed by atoms with Crippen molar-refractivity contribution in [3.8, 4) is 0 Å². The smallest absolute Gasteiger partial charge is 0.134 e. The monoisotopic (exact) mass is 243 g/mol. The van der Waals surface area contributed by atoms with Gasteiger partial charge in [0.05, 0.1) is 0 Å². The molecule has 2 rings (SSSR count). The zero-order valence-corrected chi connectivity index (χ0v) is 10.6. The summed E-state index contributed by atoms with van der Waals surface area (Å²) in [6.07, 6.45) is 4.14. The Morgan fingerprint density at radius 1 is 1.22 bits per heavy atom. The zero-order chi connectivity index (χ0) is 13.0. The molecule has 0 atom stereocenters. The van der Waals surface area contributed by atoms with Crippen LogP contribution in [-0.2, 0) is 13.0 Å². The van der Waals surface area contributed by atoms with Crippen LogP contribution in [0, 0.1) is 6.92 Å². The first kappa shape index (κ1) is 12.3. The van der Waals surface area contributed by atoms with E-state index in [4.69, 9.17) is 5.73 Å². The first-order chi connectivity index (χ1) is 8.70. The van der Waals surface area contributed by atoms with Crippen LogP contribution in [-0.4, -0.2) is 15.0 Å². The van der Waals surface area contributed by atoms with Crippen LogP contribution in [0.15, 0.2) is 24.7 Å². The van der Waals surface area contributed by atoms with E-state index in [-0.39, 0.29) is 0 Å². The number of nitrogens with zero attached hydrogens (tertiary/aromatic N) is 3. The van der Waals surface area contributed by atoms with Crippen LogP contribution in [0.4, 0.5) is 11.6 Å². The standard InChI is InChI=1S/C13H17N5/c1-3-11-12(14)17-8-18-13(11)16-7-10-5-4-9(2)15-6-10/h4-6,8H,3,7H2,1-2H3,(H3,14,16,17,18). The summed E-state index contributed by atoms with van der Waals surface area (Å²) in [6.45, 7) is 4.68. The quantitative estimate of drug-likeness (QED) is 0.858. The predicted octanol–water partition coefficient (Wildman–Crippen LogP) is 1.94. The van der Waals surface area contributed by atoms with Crippen LogP contribution in [0.25, 0.3) is 0 Å². The molecule has 2 heterocycles. The van der Waals surface area contributed by atoms with E-state index in [1.807, 2.05) is 32.2 Å². The van der Waals surface area contributed by atoms with Crippen LogP contribution in [0.1, 0.15) is 23.7 Å². The Morgan fingerprint density at radius 3 is 2.72 bits per heavy atom. The molecule has 18 heavy (non-hydrogen) atoms. The molecule has 3 N–H and O–H groups in total. The van der Waals surface area contributed by atoms with Gasteiger partial charge in [0.25, 0.3) is 0 Å². The van der Waals surface area contributed by atoms with Crippen molar-refractivity contribution in [2.45, 2.75) is 26.8 Å². The second kappa shape index (κ2) is 5.44. The van der Waals surface area contributed by atoms with Crippen molar-refractivity contribution in [2.75, 3.05) is 11.1 Å². The van der Waals surface area contributed by atoms with Gasteiger partial charge in [0.2, 0.25) is 0 Å². The van der Waals surface area contributed by atoms with Crippen molar-refractivity contribution in [3.05, 3.63) is 41.5 Å². The number of hydrogen-bond donors (Lipinski definition) is 2. The minimum Gasteiger partial charge on any atom is -0.383 e. The molecule has 0 saturated carbocycles. The van der Waals surface area contributed by atoms with E-state index < -0.39 is 0 Å². The summed E-state index contributed by atoms with van der Waals surface area (Å²) in [4.78, 5) is 12.5. The fourth-order valence-electron chi connectivity index (χ4n) is 1.72. The molecule has 0 spiro atoms. The summed E-state index contributed by atoms with van der Waals surface area (Å²) in [7, 11) is 0. The molecule has 0 unspecified atom stereocenters. The fourth-order valence-corrected chi connectivity index (χ4v) is 1.72. The number of nitrogens with two attached hydrogens (primary N) is 1. The maximum absolute atomic E-state index is 5.82. The summed E-state index contributed by atoms with van der Waals surface area (Å²) < 4.78 is 0. The normalized spacial score (nSPS) is 10.3. The molecule has 0 fully saturated rings. The van der Waals surface area contributed by atoms with Crippen LogP contribution >= 0.6 is 0 Å². The van der Waals surface area contributed by atoms with Gasteiger partial charge in [-0.1, -0.05) is 13.0 Å². The van der Waals surface area contributed by atoms with Crippen molar-refractivity contribution in [1.82, 2.24) is 15.0 Å². The van der Waals surface area contributed by atoms with Crippen LogP contribution in [0.3, 0.4) is 0 Å². The molecule has 0 aliphatic rings. The van der Waals surface area contributed by atoms with Gasteiger partial charge in [0.15, 0.2) is 0 Å². The molecule has 0 amide bonds. The molecule has 0 radical (unpaired) electrons. The van der Waals surface area contributed by atoms with E-state index in [0.29, 0.717) is 12.4 Å². The van der Waals surface area contributed by atoms with Gasteiger partial charge in [-0.25, -0.2) is 9.97 Å². The molecule has 0 aliphatic heterocycles. The van der Waals surface area contributed by atoms with E-state index in [1.54, 1.807) is 0 Å². The number of aryl methyl sites for hydroxylation is 1. The molecule has 2 aromatic rings. The lowest BCUT2D eigenvalue weighted by molar-refractivity contribution is 1.01. The van der Waals surface area contributed by atoms with Gasteiger partial charge in [0, 0.05) is 24.0 Å². The molecule has 0 bridgehead atoms. The molecule has 0 aromatic carbocycles. The number of rotatable bonds is 4. The lowest BCUT2D eigenvalue weighted by atomic mass is 10.2. The fraction of sp³-hybridized carbons (Fsp3) is 0.308. The Hall–Kier alpha value is -2.17. The van der Waals surface area contributed by atoms with Crippen molar-refractivity contribution in [3.63, 3.8) is 0 Å². The molecule has 0 saturated heterocycles. The van der Waals surface area contributed by atoms with Crippen molar-refractivity contribution in [2.24, 2.45) is 0 Å². The second-order valence-corrected chi connectivity index (χ2v) is 4.10. The van der Waals surface area contributed by atoms with Gasteiger partial charge in [-0.15, -0.1) is 0 Å². The van der Waals surface area contributed by atoms with Gasteiger partial charge in [-0.3, -0.25) is 4.98 Å². The maximum atomic E-state index is 5.82. The van der Waals surface area contributed by atoms with Gasteiger partial charge in [0.1, 0.15) is 18.0 Å². The predicted molar refractivity (Wildman–Crippen MR) is 72.1 cm³/mol. The highest BCUT2D eigenvalue weighted by molar-refractivity contribution is 5.54. The number of aromatic nitrogens is 3. The number of nitrogens with one attached hydrogen (secondary N) is 1. The topological polar surface area (TPSA) is 76.7 Å². The average Bonchev–Trinajstić information content (AvgIpc) is 2.38. The highest BCUT2D eigenvalue weighted by atomic mass is 15.0. The van der Waals surface area contributed by atoms with Crippen molar-refractivity contribution < 1.29 is 0 Å². The molecule has 2 aromatic heterocycles. The third-order valence-corrected chi connectivity index (χ3v) is 2.76. The van der Waals surface area contributed by atoms with Gasteiger partial charge < -0.3 is 11.1 Å². The third kappa shape index (κ3) is 2.74. The Bertz CT molecular complexity index is 521. The summed E-state index contributed by atoms with van der Waals surface area (Å²) in [5, 5.41) is 3.27. The average molecular weight is 243 g/mol. The molecule has 5 heteroatoms. The summed E-state index contributed by atoms with van der Waals surface area (Å²) in [6, 6.07) is 4.04. The van der Waals surface area contributed by atoms with E-state index in [9.17, 15) is 0 Å².